The zero-order chi connectivity index (χ0) is 15.8. The zero-order valence-corrected chi connectivity index (χ0v) is 13.7. The van der Waals surface area contributed by atoms with Crippen LogP contribution in [0.3, 0.4) is 0 Å². The predicted molar refractivity (Wildman–Crippen MR) is 80.0 cm³/mol. The van der Waals surface area contributed by atoms with Gasteiger partial charge in [0.15, 0.2) is 9.84 Å². The summed E-state index contributed by atoms with van der Waals surface area (Å²) in [5.74, 6) is 1.60. The molecule has 1 N–H and O–H groups in total. The first kappa shape index (κ1) is 15.9. The van der Waals surface area contributed by atoms with Gasteiger partial charge in [-0.1, -0.05) is 0 Å². The first-order chi connectivity index (χ1) is 9.68. The smallest absolute Gasteiger partial charge is 0.317 e. The van der Waals surface area contributed by atoms with Crippen LogP contribution in [0.1, 0.15) is 36.5 Å². The molecule has 1 aromatic heterocycles. The molecule has 1 aliphatic heterocycles. The van der Waals surface area contributed by atoms with Crippen LogP contribution in [0.5, 0.6) is 0 Å². The molecule has 1 saturated heterocycles. The molecule has 1 aromatic rings. The summed E-state index contributed by atoms with van der Waals surface area (Å²) in [5.41, 5.74) is 0.944. The number of hydrogen-bond donors (Lipinski definition) is 1. The quantitative estimate of drug-likeness (QED) is 0.922. The lowest BCUT2D eigenvalue weighted by molar-refractivity contribution is 0.205. The van der Waals surface area contributed by atoms with Crippen molar-refractivity contribution in [1.29, 1.82) is 0 Å². The average molecular weight is 314 g/mol. The van der Waals surface area contributed by atoms with Crippen LogP contribution in [0, 0.1) is 13.8 Å². The Kier molecular flexibility index (Phi) is 4.32. The predicted octanol–water partition coefficient (Wildman–Crippen LogP) is 1.79. The number of carbonyl (C=O) groups excluding carboxylic acids is 1. The fourth-order valence-corrected chi connectivity index (χ4v) is 3.68. The molecule has 7 heteroatoms. The van der Waals surface area contributed by atoms with Crippen LogP contribution in [0.25, 0.3) is 0 Å². The van der Waals surface area contributed by atoms with E-state index in [0.717, 1.165) is 17.1 Å². The minimum atomic E-state index is -3.09. The van der Waals surface area contributed by atoms with E-state index in [4.69, 9.17) is 4.42 Å². The maximum absolute atomic E-state index is 12.2. The lowest BCUT2D eigenvalue weighted by Gasteiger charge is -2.20. The van der Waals surface area contributed by atoms with Crippen molar-refractivity contribution in [1.82, 2.24) is 10.2 Å². The molecule has 0 bridgehead atoms. The van der Waals surface area contributed by atoms with Crippen LogP contribution >= 0.6 is 0 Å². The third kappa shape index (κ3) is 3.58. The van der Waals surface area contributed by atoms with Crippen molar-refractivity contribution in [3.05, 3.63) is 23.2 Å². The minimum absolute atomic E-state index is 0.174. The Labute approximate surface area is 125 Å². The molecule has 0 aromatic carbocycles. The molecule has 21 heavy (non-hydrogen) atoms. The second-order valence-corrected chi connectivity index (χ2v) is 8.05. The molecule has 2 unspecified atom stereocenters. The number of hydrogen-bond acceptors (Lipinski definition) is 4. The third-order valence-corrected chi connectivity index (χ3v) is 5.52. The highest BCUT2D eigenvalue weighted by atomic mass is 32.2. The van der Waals surface area contributed by atoms with Crippen LogP contribution < -0.4 is 5.32 Å². The van der Waals surface area contributed by atoms with Crippen LogP contribution in [-0.2, 0) is 9.84 Å². The number of nitrogens with zero attached hydrogens (tertiary/aromatic N) is 1. The molecule has 2 heterocycles. The monoisotopic (exact) mass is 314 g/mol. The molecule has 118 valence electrons. The van der Waals surface area contributed by atoms with E-state index in [2.05, 4.69) is 5.32 Å². The second-order valence-electron chi connectivity index (χ2n) is 5.73. The van der Waals surface area contributed by atoms with E-state index in [0.29, 0.717) is 13.0 Å². The summed E-state index contributed by atoms with van der Waals surface area (Å²) in [6.07, 6.45) is 1.73. The van der Waals surface area contributed by atoms with Crippen LogP contribution in [-0.4, -0.2) is 43.9 Å². The van der Waals surface area contributed by atoms with Gasteiger partial charge in [-0.25, -0.2) is 13.2 Å². The summed E-state index contributed by atoms with van der Waals surface area (Å²) < 4.78 is 28.5. The number of aryl methyl sites for hydroxylation is 2. The Morgan fingerprint density at radius 3 is 2.62 bits per heavy atom. The van der Waals surface area contributed by atoms with Crippen molar-refractivity contribution in [2.75, 3.05) is 19.3 Å². The molecule has 0 aliphatic carbocycles. The summed E-state index contributed by atoms with van der Waals surface area (Å²) in [5, 5.41) is 2.45. The first-order valence-corrected chi connectivity index (χ1v) is 8.95. The van der Waals surface area contributed by atoms with E-state index in [-0.39, 0.29) is 18.6 Å². The number of nitrogens with one attached hydrogen (secondary N) is 1. The lowest BCUT2D eigenvalue weighted by Crippen LogP contribution is -2.40. The summed E-state index contributed by atoms with van der Waals surface area (Å²) in [6.45, 7) is 6.35. The van der Waals surface area contributed by atoms with Crippen molar-refractivity contribution in [2.45, 2.75) is 38.5 Å². The summed E-state index contributed by atoms with van der Waals surface area (Å²) in [7, 11) is -3.09. The summed E-state index contributed by atoms with van der Waals surface area (Å²) in [4.78, 5) is 13.8. The Balaban J connectivity index is 1.98. The van der Waals surface area contributed by atoms with Crippen molar-refractivity contribution >= 4 is 15.9 Å². The van der Waals surface area contributed by atoms with Crippen LogP contribution in [0.15, 0.2) is 10.5 Å². The average Bonchev–Trinajstić information content (AvgIpc) is 2.95. The maximum Gasteiger partial charge on any atom is 0.317 e. The third-order valence-electron chi connectivity index (χ3n) is 3.92. The van der Waals surface area contributed by atoms with Gasteiger partial charge in [0, 0.05) is 24.9 Å². The SMILES string of the molecule is Cc1cc(C(C)NC(=O)N2CCC(S(C)(=O)=O)C2)c(C)o1. The van der Waals surface area contributed by atoms with Gasteiger partial charge in [0.05, 0.1) is 11.3 Å². The molecule has 6 nitrogen and oxygen atoms in total. The Morgan fingerprint density at radius 1 is 1.48 bits per heavy atom. The van der Waals surface area contributed by atoms with E-state index in [1.54, 1.807) is 4.90 Å². The summed E-state index contributed by atoms with van der Waals surface area (Å²) in [6, 6.07) is 1.50. The van der Waals surface area contributed by atoms with Crippen molar-refractivity contribution in [2.24, 2.45) is 0 Å². The number of carbonyl (C=O) groups is 1. The van der Waals surface area contributed by atoms with E-state index in [1.165, 1.54) is 6.26 Å². The van der Waals surface area contributed by atoms with Crippen LogP contribution in [0.2, 0.25) is 0 Å². The molecule has 1 aliphatic rings. The highest BCUT2D eigenvalue weighted by Crippen LogP contribution is 2.22. The van der Waals surface area contributed by atoms with Crippen molar-refractivity contribution in [3.8, 4) is 0 Å². The van der Waals surface area contributed by atoms with Gasteiger partial charge in [-0.3, -0.25) is 0 Å². The molecule has 0 radical (unpaired) electrons. The zero-order valence-electron chi connectivity index (χ0n) is 12.8. The van der Waals surface area contributed by atoms with Gasteiger partial charge in [-0.05, 0) is 33.3 Å². The van der Waals surface area contributed by atoms with E-state index >= 15 is 0 Å². The van der Waals surface area contributed by atoms with Gasteiger partial charge in [0.1, 0.15) is 11.5 Å². The molecule has 2 atom stereocenters. The Morgan fingerprint density at radius 2 is 2.14 bits per heavy atom. The largest absolute Gasteiger partial charge is 0.466 e. The molecular formula is C14H22N2O4S. The highest BCUT2D eigenvalue weighted by molar-refractivity contribution is 7.91. The summed E-state index contributed by atoms with van der Waals surface area (Å²) >= 11 is 0. The van der Waals surface area contributed by atoms with E-state index in [9.17, 15) is 13.2 Å². The van der Waals surface area contributed by atoms with Crippen molar-refractivity contribution in [3.63, 3.8) is 0 Å². The lowest BCUT2D eigenvalue weighted by atomic mass is 10.1. The standard InChI is InChI=1S/C14H22N2O4S/c1-9-7-13(11(3)20-9)10(2)15-14(17)16-6-5-12(8-16)21(4,18)19/h7,10,12H,5-6,8H2,1-4H3,(H,15,17). The van der Waals surface area contributed by atoms with Crippen LogP contribution in [0.4, 0.5) is 4.79 Å². The first-order valence-electron chi connectivity index (χ1n) is 6.99. The number of sulfone groups is 1. The molecular weight excluding hydrogens is 292 g/mol. The number of likely N-dealkylation sites (tertiary alicyclic amines) is 1. The van der Waals surface area contributed by atoms with Gasteiger partial charge in [0.2, 0.25) is 0 Å². The van der Waals surface area contributed by atoms with E-state index < -0.39 is 15.1 Å². The normalized spacial score (nSPS) is 20.6. The molecule has 2 amide bonds. The van der Waals surface area contributed by atoms with Gasteiger partial charge in [-0.15, -0.1) is 0 Å². The molecule has 1 fully saturated rings. The minimum Gasteiger partial charge on any atom is -0.466 e. The topological polar surface area (TPSA) is 79.6 Å². The molecule has 2 rings (SSSR count). The second kappa shape index (κ2) is 5.71. The maximum atomic E-state index is 12.2. The number of furan rings is 1. The Bertz CT molecular complexity index is 635. The van der Waals surface area contributed by atoms with E-state index in [1.807, 2.05) is 26.8 Å². The fraction of sp³-hybridized carbons (Fsp3) is 0.643. The van der Waals surface area contributed by atoms with Gasteiger partial charge >= 0.3 is 6.03 Å². The Hall–Kier alpha value is -1.50. The number of rotatable bonds is 3. The fourth-order valence-electron chi connectivity index (χ4n) is 2.70. The van der Waals surface area contributed by atoms with Crippen molar-refractivity contribution < 1.29 is 17.6 Å². The molecule has 0 spiro atoms. The van der Waals surface area contributed by atoms with Gasteiger partial charge in [-0.2, -0.15) is 0 Å². The highest BCUT2D eigenvalue weighted by Gasteiger charge is 2.33. The van der Waals surface area contributed by atoms with Gasteiger partial charge < -0.3 is 14.6 Å². The molecule has 0 saturated carbocycles. The number of amides is 2. The van der Waals surface area contributed by atoms with Gasteiger partial charge in [0.25, 0.3) is 0 Å². The number of urea groups is 1.